The molecule has 2 N–H and O–H groups in total. The lowest BCUT2D eigenvalue weighted by Gasteiger charge is -2.11. The minimum Gasteiger partial charge on any atom is -0.479 e. The third-order valence-corrected chi connectivity index (χ3v) is 1.10. The first-order valence-electron chi connectivity index (χ1n) is 2.36. The molecule has 0 saturated carbocycles. The van der Waals surface area contributed by atoms with Crippen LogP contribution in [0.5, 0.6) is 0 Å². The van der Waals surface area contributed by atoms with E-state index in [-0.39, 0.29) is 0 Å². The zero-order valence-corrected chi connectivity index (χ0v) is 5.21. The van der Waals surface area contributed by atoms with E-state index in [0.29, 0.717) is 0 Å². The van der Waals surface area contributed by atoms with Gasteiger partial charge in [-0.3, -0.25) is 4.79 Å². The molecule has 52 valence electrons. The molecule has 4 nitrogen and oxygen atoms in total. The van der Waals surface area contributed by atoms with Crippen LogP contribution < -0.4 is 0 Å². The maximum atomic E-state index is 10.3. The van der Waals surface area contributed by atoms with Gasteiger partial charge in [-0.1, -0.05) is 0 Å². The summed E-state index contributed by atoms with van der Waals surface area (Å²) < 4.78 is 0. The second kappa shape index (κ2) is 2.14. The fourth-order valence-corrected chi connectivity index (χ4v) is 0.151. The van der Waals surface area contributed by atoms with Crippen molar-refractivity contribution in [2.24, 2.45) is 0 Å². The minimum absolute atomic E-state index is 0.769. The first-order valence-corrected chi connectivity index (χ1v) is 2.36. The number of hydrogen-bond donors (Lipinski definition) is 2. The van der Waals surface area contributed by atoms with Gasteiger partial charge in [-0.15, -0.1) is 0 Å². The Morgan fingerprint density at radius 1 is 1.44 bits per heavy atom. The van der Waals surface area contributed by atoms with E-state index in [4.69, 9.17) is 10.2 Å². The number of ketones is 1. The van der Waals surface area contributed by atoms with Crippen molar-refractivity contribution in [2.45, 2.75) is 19.4 Å². The molecule has 0 aromatic heterocycles. The van der Waals surface area contributed by atoms with Crippen molar-refractivity contribution in [3.63, 3.8) is 0 Å². The lowest BCUT2D eigenvalue weighted by Crippen LogP contribution is -2.41. The number of carboxylic acid groups (broad SMARTS) is 1. The van der Waals surface area contributed by atoms with Crippen molar-refractivity contribution in [2.75, 3.05) is 0 Å². The van der Waals surface area contributed by atoms with Gasteiger partial charge in [-0.25, -0.2) is 4.79 Å². The molecule has 0 saturated heterocycles. The third-order valence-electron chi connectivity index (χ3n) is 1.10. The molecule has 0 rings (SSSR count). The summed E-state index contributed by atoms with van der Waals surface area (Å²) in [6.07, 6.45) is 0. The zero-order valence-electron chi connectivity index (χ0n) is 5.21. The van der Waals surface area contributed by atoms with Crippen LogP contribution in [0.15, 0.2) is 0 Å². The third kappa shape index (κ3) is 1.50. The molecule has 1 unspecified atom stereocenters. The fraction of sp³-hybridized carbons (Fsp3) is 0.600. The second-order valence-electron chi connectivity index (χ2n) is 1.93. The topological polar surface area (TPSA) is 74.6 Å². The van der Waals surface area contributed by atoms with Gasteiger partial charge in [0.1, 0.15) is 0 Å². The molecule has 9 heavy (non-hydrogen) atoms. The van der Waals surface area contributed by atoms with Gasteiger partial charge >= 0.3 is 5.97 Å². The van der Waals surface area contributed by atoms with Crippen LogP contribution in [0.2, 0.25) is 0 Å². The number of carbonyl (C=O) groups is 2. The summed E-state index contributed by atoms with van der Waals surface area (Å²) in [4.78, 5) is 20.3. The lowest BCUT2D eigenvalue weighted by molar-refractivity contribution is -0.162. The van der Waals surface area contributed by atoms with Gasteiger partial charge in [-0.2, -0.15) is 0 Å². The van der Waals surface area contributed by atoms with Crippen LogP contribution in [-0.4, -0.2) is 27.6 Å². The van der Waals surface area contributed by atoms with E-state index < -0.39 is 17.4 Å². The molecular formula is C5H8O4. The summed E-state index contributed by atoms with van der Waals surface area (Å²) in [6, 6.07) is 0. The molecule has 0 aliphatic carbocycles. The smallest absolute Gasteiger partial charge is 0.343 e. The summed E-state index contributed by atoms with van der Waals surface area (Å²) in [6.45, 7) is 1.96. The summed E-state index contributed by atoms with van der Waals surface area (Å²) >= 11 is 0. The zero-order chi connectivity index (χ0) is 7.65. The highest BCUT2D eigenvalue weighted by Gasteiger charge is 2.35. The molecule has 0 aliphatic rings. The number of aliphatic carboxylic acids is 1. The highest BCUT2D eigenvalue weighted by atomic mass is 16.4. The van der Waals surface area contributed by atoms with Crippen molar-refractivity contribution in [3.05, 3.63) is 0 Å². The van der Waals surface area contributed by atoms with Crippen molar-refractivity contribution in [3.8, 4) is 0 Å². The highest BCUT2D eigenvalue weighted by Crippen LogP contribution is 2.03. The van der Waals surface area contributed by atoms with Gasteiger partial charge in [0.2, 0.25) is 5.60 Å². The minimum atomic E-state index is -2.22. The van der Waals surface area contributed by atoms with E-state index >= 15 is 0 Å². The summed E-state index contributed by atoms with van der Waals surface area (Å²) in [5.41, 5.74) is -2.22. The average Bonchev–Trinajstić information content (AvgIpc) is 1.65. The molecule has 4 heteroatoms. The fourth-order valence-electron chi connectivity index (χ4n) is 0.151. The van der Waals surface area contributed by atoms with Crippen LogP contribution in [0.1, 0.15) is 13.8 Å². The van der Waals surface area contributed by atoms with Crippen LogP contribution in [-0.2, 0) is 9.59 Å². The predicted molar refractivity (Wildman–Crippen MR) is 28.9 cm³/mol. The van der Waals surface area contributed by atoms with E-state index in [1.54, 1.807) is 0 Å². The molecule has 0 aliphatic heterocycles. The first-order chi connectivity index (χ1) is 3.89. The van der Waals surface area contributed by atoms with Crippen LogP contribution in [0.3, 0.4) is 0 Å². The van der Waals surface area contributed by atoms with Gasteiger partial charge in [0.05, 0.1) is 0 Å². The lowest BCUT2D eigenvalue weighted by atomic mass is 10.0. The van der Waals surface area contributed by atoms with E-state index in [9.17, 15) is 9.59 Å². The first kappa shape index (κ1) is 8.10. The van der Waals surface area contributed by atoms with Gasteiger partial charge in [0, 0.05) is 0 Å². The van der Waals surface area contributed by atoms with E-state index in [0.717, 1.165) is 13.8 Å². The molecule has 0 bridgehead atoms. The Hall–Kier alpha value is -0.900. The summed E-state index contributed by atoms with van der Waals surface area (Å²) in [5.74, 6) is -2.29. The van der Waals surface area contributed by atoms with Crippen molar-refractivity contribution < 1.29 is 19.8 Å². The Morgan fingerprint density at radius 3 is 1.78 bits per heavy atom. The van der Waals surface area contributed by atoms with Crippen LogP contribution in [0.25, 0.3) is 0 Å². The van der Waals surface area contributed by atoms with E-state index in [2.05, 4.69) is 0 Å². The molecular weight excluding hydrogens is 124 g/mol. The van der Waals surface area contributed by atoms with Crippen molar-refractivity contribution in [1.29, 1.82) is 0 Å². The Morgan fingerprint density at radius 2 is 1.78 bits per heavy atom. The van der Waals surface area contributed by atoms with Gasteiger partial charge in [-0.05, 0) is 13.8 Å². The summed E-state index contributed by atoms with van der Waals surface area (Å²) in [7, 11) is 0. The molecule has 1 atom stereocenters. The van der Waals surface area contributed by atoms with Crippen LogP contribution >= 0.6 is 0 Å². The van der Waals surface area contributed by atoms with Crippen LogP contribution in [0.4, 0.5) is 0 Å². The quantitative estimate of drug-likeness (QED) is 0.492. The molecule has 0 heterocycles. The van der Waals surface area contributed by atoms with Crippen LogP contribution in [0, 0.1) is 0 Å². The molecule has 0 aromatic carbocycles. The predicted octanol–water partition coefficient (Wildman–Crippen LogP) is -0.589. The van der Waals surface area contributed by atoms with Gasteiger partial charge < -0.3 is 10.2 Å². The molecule has 0 radical (unpaired) electrons. The Kier molecular flexibility index (Phi) is 1.93. The number of aliphatic hydroxyl groups is 1. The molecule has 0 fully saturated rings. The standard InChI is InChI=1S/C5H8O4/c1-3(6)5(2,9)4(7)8/h9H,1-2H3,(H,7,8). The van der Waals surface area contributed by atoms with Gasteiger partial charge in [0.25, 0.3) is 0 Å². The monoisotopic (exact) mass is 132 g/mol. The Bertz CT molecular complexity index is 131. The van der Waals surface area contributed by atoms with Gasteiger partial charge in [0.15, 0.2) is 5.78 Å². The maximum absolute atomic E-state index is 10.3. The molecule has 0 aromatic rings. The second-order valence-corrected chi connectivity index (χ2v) is 1.93. The molecule has 0 amide bonds. The normalized spacial score (nSPS) is 16.3. The Balaban J connectivity index is 4.38. The maximum Gasteiger partial charge on any atom is 0.343 e. The summed E-state index contributed by atoms with van der Waals surface area (Å²) in [5, 5.41) is 16.9. The van der Waals surface area contributed by atoms with Crippen molar-refractivity contribution >= 4 is 11.8 Å². The number of Topliss-reactive ketones (excluding diaryl/α,β-unsaturated/α-hetero) is 1. The largest absolute Gasteiger partial charge is 0.479 e. The SMILES string of the molecule is CC(=O)C(C)(O)C(=O)O. The Labute approximate surface area is 52.1 Å². The number of carboxylic acids is 1. The van der Waals surface area contributed by atoms with Crippen molar-refractivity contribution in [1.82, 2.24) is 0 Å². The highest BCUT2D eigenvalue weighted by molar-refractivity contribution is 6.04. The van der Waals surface area contributed by atoms with E-state index in [1.165, 1.54) is 0 Å². The van der Waals surface area contributed by atoms with E-state index in [1.807, 2.05) is 0 Å². The average molecular weight is 132 g/mol. The number of rotatable bonds is 2. The molecule has 0 spiro atoms. The number of hydrogen-bond acceptors (Lipinski definition) is 3. The number of carbonyl (C=O) groups excluding carboxylic acids is 1.